The molecule has 0 unspecified atom stereocenters. The number of carbonyl (C=O) groups is 2. The van der Waals surface area contributed by atoms with Crippen LogP contribution in [0.5, 0.6) is 17.2 Å². The predicted octanol–water partition coefficient (Wildman–Crippen LogP) is 5.73. The number of hydrogen-bond acceptors (Lipinski definition) is 6. The summed E-state index contributed by atoms with van der Waals surface area (Å²) >= 11 is 0.997. The van der Waals surface area contributed by atoms with Gasteiger partial charge in [-0.25, -0.2) is 0 Å². The summed E-state index contributed by atoms with van der Waals surface area (Å²) in [6, 6.07) is 23.4. The monoisotopic (exact) mass is 512 g/mol. The molecule has 3 heterocycles. The molecule has 1 aromatic heterocycles. The third-order valence-corrected chi connectivity index (χ3v) is 7.30. The number of benzene rings is 3. The topological polar surface area (TPSA) is 70.0 Å². The summed E-state index contributed by atoms with van der Waals surface area (Å²) in [4.78, 5) is 27.5. The average Bonchev–Trinajstić information content (AvgIpc) is 3.60. The fraction of sp³-hybridized carbons (Fsp3) is 0.172. The number of amides is 2. The summed E-state index contributed by atoms with van der Waals surface area (Å²) in [6.07, 6.45) is 4.46. The summed E-state index contributed by atoms with van der Waals surface area (Å²) < 4.78 is 18.8. The molecule has 186 valence electrons. The van der Waals surface area contributed by atoms with E-state index >= 15 is 0 Å². The summed E-state index contributed by atoms with van der Waals surface area (Å²) in [5.74, 6) is 1.88. The molecule has 2 amide bonds. The number of imide groups is 1. The highest BCUT2D eigenvalue weighted by Crippen LogP contribution is 2.36. The third-order valence-electron chi connectivity index (χ3n) is 6.39. The lowest BCUT2D eigenvalue weighted by molar-refractivity contribution is -0.122. The SMILES string of the molecule is O=C1S/C(=C\c2cn(CCOc3ccc4c(c3)OCO4)c3ccccc23)C(=O)N1CCc1ccccc1. The van der Waals surface area contributed by atoms with Gasteiger partial charge in [0.25, 0.3) is 11.1 Å². The quantitative estimate of drug-likeness (QED) is 0.281. The van der Waals surface area contributed by atoms with E-state index in [0.717, 1.165) is 39.5 Å². The van der Waals surface area contributed by atoms with E-state index in [0.29, 0.717) is 42.5 Å². The van der Waals surface area contributed by atoms with E-state index in [9.17, 15) is 9.59 Å². The number of carbonyl (C=O) groups excluding carboxylic acids is 2. The molecule has 0 saturated carbocycles. The molecule has 37 heavy (non-hydrogen) atoms. The summed E-state index contributed by atoms with van der Waals surface area (Å²) in [5, 5.41) is 0.787. The van der Waals surface area contributed by atoms with Crippen molar-refractivity contribution in [2.24, 2.45) is 0 Å². The minimum absolute atomic E-state index is 0.226. The van der Waals surface area contributed by atoms with Gasteiger partial charge < -0.3 is 18.8 Å². The molecule has 1 fully saturated rings. The second-order valence-corrected chi connectivity index (χ2v) is 9.72. The number of fused-ring (bicyclic) bond motifs is 2. The third kappa shape index (κ3) is 4.80. The molecule has 0 atom stereocenters. The van der Waals surface area contributed by atoms with Crippen LogP contribution in [-0.2, 0) is 17.8 Å². The summed E-state index contributed by atoms with van der Waals surface area (Å²) in [7, 11) is 0. The Kier molecular flexibility index (Phi) is 6.32. The first-order valence-electron chi connectivity index (χ1n) is 12.1. The van der Waals surface area contributed by atoms with E-state index in [4.69, 9.17) is 14.2 Å². The number of hydrogen-bond donors (Lipinski definition) is 0. The summed E-state index contributed by atoms with van der Waals surface area (Å²) in [5.41, 5.74) is 3.02. The van der Waals surface area contributed by atoms with E-state index in [1.54, 1.807) is 0 Å². The van der Waals surface area contributed by atoms with Crippen molar-refractivity contribution in [1.82, 2.24) is 9.47 Å². The smallest absolute Gasteiger partial charge is 0.293 e. The molecule has 7 nitrogen and oxygen atoms in total. The van der Waals surface area contributed by atoms with Gasteiger partial charge in [-0.1, -0.05) is 48.5 Å². The van der Waals surface area contributed by atoms with Crippen LogP contribution < -0.4 is 14.2 Å². The molecule has 0 bridgehead atoms. The maximum absolute atomic E-state index is 13.1. The Hall–Kier alpha value is -4.17. The molecule has 2 aliphatic heterocycles. The van der Waals surface area contributed by atoms with E-state index < -0.39 is 0 Å². The zero-order valence-corrected chi connectivity index (χ0v) is 20.8. The molecular formula is C29H24N2O5S. The minimum Gasteiger partial charge on any atom is -0.492 e. The molecule has 8 heteroatoms. The standard InChI is InChI=1S/C29H24N2O5S/c32-28-27(37-29(33)31(28)13-12-20-6-2-1-3-7-20)16-21-18-30(24-9-5-4-8-23(21)24)14-15-34-22-10-11-25-26(17-22)36-19-35-25/h1-11,16-18H,12-15,19H2/b27-16-. The van der Waals surface area contributed by atoms with Crippen LogP contribution in [0.25, 0.3) is 17.0 Å². The van der Waals surface area contributed by atoms with Gasteiger partial charge in [0.15, 0.2) is 11.5 Å². The zero-order chi connectivity index (χ0) is 25.2. The fourth-order valence-electron chi connectivity index (χ4n) is 4.52. The highest BCUT2D eigenvalue weighted by Gasteiger charge is 2.34. The van der Waals surface area contributed by atoms with Crippen molar-refractivity contribution in [3.63, 3.8) is 0 Å². The van der Waals surface area contributed by atoms with Crippen LogP contribution in [0, 0.1) is 0 Å². The van der Waals surface area contributed by atoms with Gasteiger partial charge in [-0.05, 0) is 48.0 Å². The van der Waals surface area contributed by atoms with Crippen LogP contribution in [-0.4, -0.2) is 40.6 Å². The highest BCUT2D eigenvalue weighted by atomic mass is 32.2. The number of para-hydroxylation sites is 1. The van der Waals surface area contributed by atoms with Crippen LogP contribution in [0.1, 0.15) is 11.1 Å². The zero-order valence-electron chi connectivity index (χ0n) is 20.0. The molecule has 1 saturated heterocycles. The maximum atomic E-state index is 13.1. The number of ether oxygens (including phenoxy) is 3. The molecule has 0 aliphatic carbocycles. The van der Waals surface area contributed by atoms with E-state index in [1.807, 2.05) is 85.1 Å². The number of aromatic nitrogens is 1. The van der Waals surface area contributed by atoms with Gasteiger partial charge in [0.1, 0.15) is 12.4 Å². The molecule has 0 spiro atoms. The maximum Gasteiger partial charge on any atom is 0.293 e. The Balaban J connectivity index is 1.17. The van der Waals surface area contributed by atoms with E-state index in [2.05, 4.69) is 4.57 Å². The Morgan fingerprint density at radius 2 is 1.73 bits per heavy atom. The van der Waals surface area contributed by atoms with Crippen LogP contribution in [0.3, 0.4) is 0 Å². The number of rotatable bonds is 8. The normalized spacial score (nSPS) is 15.8. The van der Waals surface area contributed by atoms with Crippen molar-refractivity contribution in [3.05, 3.63) is 95.0 Å². The highest BCUT2D eigenvalue weighted by molar-refractivity contribution is 8.18. The Bertz CT molecular complexity index is 1510. The van der Waals surface area contributed by atoms with Crippen LogP contribution >= 0.6 is 11.8 Å². The van der Waals surface area contributed by atoms with Crippen molar-refractivity contribution < 1.29 is 23.8 Å². The molecule has 6 rings (SSSR count). The van der Waals surface area contributed by atoms with Gasteiger partial charge in [0.2, 0.25) is 6.79 Å². The molecule has 3 aromatic carbocycles. The van der Waals surface area contributed by atoms with Crippen LogP contribution in [0.2, 0.25) is 0 Å². The Morgan fingerprint density at radius 3 is 2.62 bits per heavy atom. The Morgan fingerprint density at radius 1 is 0.919 bits per heavy atom. The van der Waals surface area contributed by atoms with Gasteiger partial charge >= 0.3 is 0 Å². The van der Waals surface area contributed by atoms with Gasteiger partial charge in [-0.15, -0.1) is 0 Å². The van der Waals surface area contributed by atoms with Gasteiger partial charge in [-0.3, -0.25) is 14.5 Å². The van der Waals surface area contributed by atoms with Crippen molar-refractivity contribution >= 4 is 39.9 Å². The summed E-state index contributed by atoms with van der Waals surface area (Å²) in [6.45, 7) is 1.66. The lowest BCUT2D eigenvalue weighted by atomic mass is 10.1. The van der Waals surface area contributed by atoms with E-state index in [1.165, 1.54) is 4.90 Å². The van der Waals surface area contributed by atoms with Crippen molar-refractivity contribution in [2.75, 3.05) is 19.9 Å². The first kappa shape index (κ1) is 23.2. The van der Waals surface area contributed by atoms with Gasteiger partial charge in [0.05, 0.1) is 11.4 Å². The molecule has 4 aromatic rings. The lowest BCUT2D eigenvalue weighted by Gasteiger charge is -2.12. The van der Waals surface area contributed by atoms with Crippen molar-refractivity contribution in [2.45, 2.75) is 13.0 Å². The Labute approximate surface area is 218 Å². The number of nitrogens with zero attached hydrogens (tertiary/aromatic N) is 2. The van der Waals surface area contributed by atoms with Crippen LogP contribution in [0.15, 0.2) is 83.9 Å². The molecule has 0 radical (unpaired) electrons. The van der Waals surface area contributed by atoms with Crippen molar-refractivity contribution in [1.29, 1.82) is 0 Å². The number of thioether (sulfide) groups is 1. The van der Waals surface area contributed by atoms with Gasteiger partial charge in [0, 0.05) is 35.3 Å². The molecular weight excluding hydrogens is 488 g/mol. The van der Waals surface area contributed by atoms with Gasteiger partial charge in [-0.2, -0.15) is 0 Å². The van der Waals surface area contributed by atoms with E-state index in [-0.39, 0.29) is 17.9 Å². The fourth-order valence-corrected chi connectivity index (χ4v) is 5.38. The second kappa shape index (κ2) is 10.1. The second-order valence-electron chi connectivity index (χ2n) is 8.73. The van der Waals surface area contributed by atoms with Crippen LogP contribution in [0.4, 0.5) is 4.79 Å². The lowest BCUT2D eigenvalue weighted by Crippen LogP contribution is -2.30. The largest absolute Gasteiger partial charge is 0.492 e. The first-order chi connectivity index (χ1) is 18.2. The molecule has 0 N–H and O–H groups in total. The first-order valence-corrected chi connectivity index (χ1v) is 12.9. The minimum atomic E-state index is -0.242. The predicted molar refractivity (Wildman–Crippen MR) is 143 cm³/mol. The molecule has 2 aliphatic rings. The average molecular weight is 513 g/mol. The van der Waals surface area contributed by atoms with Crippen molar-refractivity contribution in [3.8, 4) is 17.2 Å².